The lowest BCUT2D eigenvalue weighted by Gasteiger charge is -2.42. The van der Waals surface area contributed by atoms with Crippen LogP contribution in [0.15, 0.2) is 23.1 Å². The Bertz CT molecular complexity index is 427. The van der Waals surface area contributed by atoms with Gasteiger partial charge in [-0.1, -0.05) is 12.5 Å². The molecule has 1 aromatic carbocycles. The zero-order valence-electron chi connectivity index (χ0n) is 11.1. The first-order chi connectivity index (χ1) is 8.81. The number of nitrogens with one attached hydrogen (secondary N) is 2. The fourth-order valence-corrected chi connectivity index (χ4v) is 4.14. The smallest absolute Gasteiger partial charge is 0.0478 e. The molecule has 0 aromatic heterocycles. The summed E-state index contributed by atoms with van der Waals surface area (Å²) in [6.07, 6.45) is 5.41. The highest BCUT2D eigenvalue weighted by Crippen LogP contribution is 2.44. The maximum absolute atomic E-state index is 3.47. The van der Waals surface area contributed by atoms with E-state index in [1.54, 1.807) is 0 Å². The highest BCUT2D eigenvalue weighted by atomic mass is 32.2. The predicted octanol–water partition coefficient (Wildman–Crippen LogP) is 3.14. The fraction of sp³-hybridized carbons (Fsp3) is 0.600. The molecule has 2 N–H and O–H groups in total. The molecule has 1 aliphatic carbocycles. The minimum Gasteiger partial charge on any atom is -0.383 e. The van der Waals surface area contributed by atoms with E-state index in [1.807, 2.05) is 11.8 Å². The fourth-order valence-electron chi connectivity index (χ4n) is 3.19. The van der Waals surface area contributed by atoms with Crippen molar-refractivity contribution in [3.63, 3.8) is 0 Å². The van der Waals surface area contributed by atoms with E-state index in [1.165, 1.54) is 47.6 Å². The van der Waals surface area contributed by atoms with E-state index in [0.29, 0.717) is 5.41 Å². The van der Waals surface area contributed by atoms with Crippen molar-refractivity contribution in [2.24, 2.45) is 5.41 Å². The van der Waals surface area contributed by atoms with Gasteiger partial charge in [-0.05, 0) is 49.4 Å². The average Bonchev–Trinajstić information content (AvgIpc) is 2.36. The molecular weight excluding hydrogens is 240 g/mol. The third-order valence-corrected chi connectivity index (χ3v) is 5.32. The van der Waals surface area contributed by atoms with Crippen LogP contribution in [0.3, 0.4) is 0 Å². The van der Waals surface area contributed by atoms with Gasteiger partial charge in [0.05, 0.1) is 0 Å². The van der Waals surface area contributed by atoms with Gasteiger partial charge in [-0.25, -0.2) is 0 Å². The Labute approximate surface area is 114 Å². The molecule has 1 aliphatic heterocycles. The maximum atomic E-state index is 3.47. The van der Waals surface area contributed by atoms with E-state index in [9.17, 15) is 0 Å². The lowest BCUT2D eigenvalue weighted by molar-refractivity contribution is 0.133. The van der Waals surface area contributed by atoms with Crippen LogP contribution in [0.2, 0.25) is 0 Å². The second-order valence-electron chi connectivity index (χ2n) is 5.67. The summed E-state index contributed by atoms with van der Waals surface area (Å²) in [5.41, 5.74) is 3.38. The third-order valence-electron chi connectivity index (χ3n) is 4.27. The van der Waals surface area contributed by atoms with Crippen molar-refractivity contribution < 1.29 is 0 Å². The second kappa shape index (κ2) is 5.14. The van der Waals surface area contributed by atoms with Gasteiger partial charge in [0.2, 0.25) is 0 Å². The first-order valence-electron chi connectivity index (χ1n) is 6.96. The SMILES string of the molecule is CNCC1(Cc2ccc3c(c2)SCCN3)CCC1. The van der Waals surface area contributed by atoms with Crippen LogP contribution in [0.1, 0.15) is 24.8 Å². The first kappa shape index (κ1) is 12.4. The van der Waals surface area contributed by atoms with Gasteiger partial charge in [0.1, 0.15) is 0 Å². The predicted molar refractivity (Wildman–Crippen MR) is 79.6 cm³/mol. The van der Waals surface area contributed by atoms with Crippen LogP contribution in [-0.2, 0) is 6.42 Å². The summed E-state index contributed by atoms with van der Waals surface area (Å²) in [5.74, 6) is 1.19. The molecule has 0 spiro atoms. The molecule has 0 atom stereocenters. The zero-order chi connectivity index (χ0) is 12.4. The van der Waals surface area contributed by atoms with E-state index in [0.717, 1.165) is 13.1 Å². The van der Waals surface area contributed by atoms with E-state index < -0.39 is 0 Å². The number of hydrogen-bond donors (Lipinski definition) is 2. The Morgan fingerprint density at radius 3 is 3.00 bits per heavy atom. The molecule has 1 aromatic rings. The molecule has 0 unspecified atom stereocenters. The molecule has 2 aliphatic rings. The largest absolute Gasteiger partial charge is 0.383 e. The molecule has 0 radical (unpaired) electrons. The number of thioether (sulfide) groups is 1. The van der Waals surface area contributed by atoms with Crippen LogP contribution in [0.5, 0.6) is 0 Å². The number of anilines is 1. The van der Waals surface area contributed by atoms with Crippen LogP contribution in [0.25, 0.3) is 0 Å². The van der Waals surface area contributed by atoms with Gasteiger partial charge in [-0.15, -0.1) is 11.8 Å². The molecule has 2 nitrogen and oxygen atoms in total. The highest BCUT2D eigenvalue weighted by molar-refractivity contribution is 7.99. The normalized spacial score (nSPS) is 20.7. The summed E-state index contributed by atoms with van der Waals surface area (Å²) in [6, 6.07) is 6.98. The Morgan fingerprint density at radius 2 is 2.28 bits per heavy atom. The molecular formula is C15H22N2S. The topological polar surface area (TPSA) is 24.1 Å². The standard InChI is InChI=1S/C15H22N2S/c1-16-11-15(5-2-6-15)10-12-3-4-13-14(9-12)18-8-7-17-13/h3-4,9,16-17H,2,5-8,10-11H2,1H3. The average molecular weight is 262 g/mol. The van der Waals surface area contributed by atoms with Crippen molar-refractivity contribution in [2.75, 3.05) is 31.2 Å². The molecule has 0 amide bonds. The molecule has 1 saturated carbocycles. The van der Waals surface area contributed by atoms with Crippen molar-refractivity contribution in [3.05, 3.63) is 23.8 Å². The van der Waals surface area contributed by atoms with E-state index in [2.05, 4.69) is 35.9 Å². The lowest BCUT2D eigenvalue weighted by Crippen LogP contribution is -2.40. The number of benzene rings is 1. The summed E-state index contributed by atoms with van der Waals surface area (Å²) in [5, 5.41) is 6.85. The Kier molecular flexibility index (Phi) is 3.53. The number of fused-ring (bicyclic) bond motifs is 1. The molecule has 3 rings (SSSR count). The summed E-state index contributed by atoms with van der Waals surface area (Å²) in [6.45, 7) is 2.26. The maximum Gasteiger partial charge on any atom is 0.0478 e. The van der Waals surface area contributed by atoms with Crippen LogP contribution in [0, 0.1) is 5.41 Å². The minimum atomic E-state index is 0.537. The number of hydrogen-bond acceptors (Lipinski definition) is 3. The summed E-state index contributed by atoms with van der Waals surface area (Å²) in [7, 11) is 2.08. The quantitative estimate of drug-likeness (QED) is 0.872. The van der Waals surface area contributed by atoms with Crippen molar-refractivity contribution in [1.82, 2.24) is 5.32 Å². The van der Waals surface area contributed by atoms with Crippen molar-refractivity contribution >= 4 is 17.4 Å². The Balaban J connectivity index is 1.76. The molecule has 1 fully saturated rings. The van der Waals surface area contributed by atoms with Crippen LogP contribution < -0.4 is 10.6 Å². The summed E-state index contributed by atoms with van der Waals surface area (Å²) < 4.78 is 0. The molecule has 18 heavy (non-hydrogen) atoms. The van der Waals surface area contributed by atoms with Crippen LogP contribution >= 0.6 is 11.8 Å². The van der Waals surface area contributed by atoms with Gasteiger partial charge in [0.15, 0.2) is 0 Å². The van der Waals surface area contributed by atoms with E-state index in [-0.39, 0.29) is 0 Å². The van der Waals surface area contributed by atoms with Gasteiger partial charge in [0, 0.05) is 29.4 Å². The monoisotopic (exact) mass is 262 g/mol. The molecule has 98 valence electrons. The van der Waals surface area contributed by atoms with Gasteiger partial charge < -0.3 is 10.6 Å². The van der Waals surface area contributed by atoms with E-state index in [4.69, 9.17) is 0 Å². The number of rotatable bonds is 4. The van der Waals surface area contributed by atoms with Crippen molar-refractivity contribution in [3.8, 4) is 0 Å². The second-order valence-corrected chi connectivity index (χ2v) is 6.80. The molecule has 1 heterocycles. The van der Waals surface area contributed by atoms with Gasteiger partial charge in [-0.2, -0.15) is 0 Å². The molecule has 3 heteroatoms. The summed E-state index contributed by atoms with van der Waals surface area (Å²) in [4.78, 5) is 1.44. The summed E-state index contributed by atoms with van der Waals surface area (Å²) >= 11 is 1.99. The third kappa shape index (κ3) is 2.39. The van der Waals surface area contributed by atoms with Gasteiger partial charge >= 0.3 is 0 Å². The Hall–Kier alpha value is -0.670. The van der Waals surface area contributed by atoms with Crippen LogP contribution in [0.4, 0.5) is 5.69 Å². The minimum absolute atomic E-state index is 0.537. The zero-order valence-corrected chi connectivity index (χ0v) is 11.9. The van der Waals surface area contributed by atoms with Crippen molar-refractivity contribution in [2.45, 2.75) is 30.6 Å². The lowest BCUT2D eigenvalue weighted by atomic mass is 9.65. The van der Waals surface area contributed by atoms with E-state index >= 15 is 0 Å². The van der Waals surface area contributed by atoms with Crippen molar-refractivity contribution in [1.29, 1.82) is 0 Å². The van der Waals surface area contributed by atoms with Gasteiger partial charge in [0.25, 0.3) is 0 Å². The van der Waals surface area contributed by atoms with Crippen LogP contribution in [-0.4, -0.2) is 25.9 Å². The van der Waals surface area contributed by atoms with Gasteiger partial charge in [-0.3, -0.25) is 0 Å². The molecule has 0 saturated heterocycles. The molecule has 0 bridgehead atoms. The first-order valence-corrected chi connectivity index (χ1v) is 7.94. The highest BCUT2D eigenvalue weighted by Gasteiger charge is 2.36. The Morgan fingerprint density at radius 1 is 1.39 bits per heavy atom.